The third-order valence-corrected chi connectivity index (χ3v) is 7.31. The van der Waals surface area contributed by atoms with Gasteiger partial charge in [0, 0.05) is 18.0 Å². The van der Waals surface area contributed by atoms with E-state index in [1.165, 1.54) is 24.8 Å². The lowest BCUT2D eigenvalue weighted by Crippen LogP contribution is -2.13. The zero-order valence-corrected chi connectivity index (χ0v) is 20.8. The number of carbonyl (C=O) groups excluding carboxylic acids is 1. The van der Waals surface area contributed by atoms with Gasteiger partial charge in [0.05, 0.1) is 23.0 Å². The molecule has 1 aliphatic rings. The Morgan fingerprint density at radius 3 is 2.71 bits per heavy atom. The molecule has 4 aromatic rings. The Kier molecular flexibility index (Phi) is 6.11. The van der Waals surface area contributed by atoms with Gasteiger partial charge in [-0.2, -0.15) is 0 Å². The minimum absolute atomic E-state index is 0.221. The van der Waals surface area contributed by atoms with Gasteiger partial charge in [-0.05, 0) is 81.4 Å². The minimum atomic E-state index is -0.221. The molecule has 0 radical (unpaired) electrons. The summed E-state index contributed by atoms with van der Waals surface area (Å²) in [6.07, 6.45) is 8.74. The maximum absolute atomic E-state index is 13.0. The number of aromatic nitrogens is 4. The summed E-state index contributed by atoms with van der Waals surface area (Å²) in [5, 5.41) is 2.94. The maximum Gasteiger partial charge on any atom is 0.258 e. The second kappa shape index (κ2) is 9.23. The molecule has 1 aliphatic carbocycles. The SMILES string of the molecule is Cc1ccncc1NC(=O)c1ccnc2nc(-c3ccc(C4(C)CC4CCCN(C)C)cc3)[nH]c12. The van der Waals surface area contributed by atoms with Gasteiger partial charge in [-0.3, -0.25) is 9.78 Å². The number of carbonyl (C=O) groups is 1. The molecule has 0 aliphatic heterocycles. The number of anilines is 1. The number of benzene rings is 1. The summed E-state index contributed by atoms with van der Waals surface area (Å²) in [6.45, 7) is 5.46. The number of fused-ring (bicyclic) bond motifs is 1. The van der Waals surface area contributed by atoms with Gasteiger partial charge in [-0.25, -0.2) is 9.97 Å². The first-order chi connectivity index (χ1) is 16.8. The molecule has 0 bridgehead atoms. The van der Waals surface area contributed by atoms with Gasteiger partial charge < -0.3 is 15.2 Å². The average molecular weight is 469 g/mol. The number of nitrogens with one attached hydrogen (secondary N) is 2. The molecule has 1 amide bonds. The van der Waals surface area contributed by atoms with E-state index in [0.29, 0.717) is 28.2 Å². The quantitative estimate of drug-likeness (QED) is 0.371. The van der Waals surface area contributed by atoms with E-state index in [-0.39, 0.29) is 11.3 Å². The Morgan fingerprint density at radius 1 is 1.17 bits per heavy atom. The van der Waals surface area contributed by atoms with E-state index < -0.39 is 0 Å². The summed E-state index contributed by atoms with van der Waals surface area (Å²) < 4.78 is 0. The highest BCUT2D eigenvalue weighted by atomic mass is 16.1. The van der Waals surface area contributed by atoms with E-state index in [0.717, 1.165) is 23.6 Å². The standard InChI is InChI=1S/C28H32N6O/c1-18-11-13-29-17-23(18)31-27(35)22-12-14-30-26-24(22)32-25(33-26)19-7-9-20(10-8-19)28(2)16-21(28)6-5-15-34(3)4/h7-14,17,21H,5-6,15-16H2,1-4H3,(H,31,35)(H,30,32,33). The molecule has 35 heavy (non-hydrogen) atoms. The third kappa shape index (κ3) is 4.68. The number of hydrogen-bond donors (Lipinski definition) is 2. The van der Waals surface area contributed by atoms with E-state index in [4.69, 9.17) is 0 Å². The summed E-state index contributed by atoms with van der Waals surface area (Å²) in [5.41, 5.74) is 5.93. The number of amides is 1. The number of aryl methyl sites for hydroxylation is 1. The van der Waals surface area contributed by atoms with Crippen molar-refractivity contribution in [2.75, 3.05) is 26.0 Å². The fourth-order valence-corrected chi connectivity index (χ4v) is 4.91. The van der Waals surface area contributed by atoms with Crippen LogP contribution in [0.2, 0.25) is 0 Å². The normalized spacial score (nSPS) is 19.3. The second-order valence-electron chi connectivity index (χ2n) is 10.1. The summed E-state index contributed by atoms with van der Waals surface area (Å²) >= 11 is 0. The van der Waals surface area contributed by atoms with Crippen LogP contribution in [0.5, 0.6) is 0 Å². The van der Waals surface area contributed by atoms with Crippen molar-refractivity contribution in [1.29, 1.82) is 0 Å². The molecular weight excluding hydrogens is 436 g/mol. The molecule has 1 fully saturated rings. The van der Waals surface area contributed by atoms with Crippen LogP contribution < -0.4 is 5.32 Å². The van der Waals surface area contributed by atoms with Gasteiger partial charge in [0.25, 0.3) is 5.91 Å². The molecular formula is C28H32N6O. The van der Waals surface area contributed by atoms with E-state index in [1.54, 1.807) is 24.7 Å². The van der Waals surface area contributed by atoms with Gasteiger partial charge in [-0.1, -0.05) is 31.2 Å². The Hall–Kier alpha value is -3.58. The van der Waals surface area contributed by atoms with Crippen molar-refractivity contribution in [3.63, 3.8) is 0 Å². The molecule has 180 valence electrons. The molecule has 7 nitrogen and oxygen atoms in total. The Morgan fingerprint density at radius 2 is 1.97 bits per heavy atom. The highest BCUT2D eigenvalue weighted by Gasteiger charge is 2.50. The van der Waals surface area contributed by atoms with Crippen LogP contribution in [0, 0.1) is 12.8 Å². The van der Waals surface area contributed by atoms with Gasteiger partial charge >= 0.3 is 0 Å². The molecule has 0 saturated heterocycles. The van der Waals surface area contributed by atoms with Gasteiger partial charge in [0.15, 0.2) is 5.65 Å². The zero-order valence-electron chi connectivity index (χ0n) is 20.8. The number of nitrogens with zero attached hydrogens (tertiary/aromatic N) is 4. The first-order valence-corrected chi connectivity index (χ1v) is 12.2. The summed E-state index contributed by atoms with van der Waals surface area (Å²) in [6, 6.07) is 12.3. The van der Waals surface area contributed by atoms with Crippen molar-refractivity contribution >= 4 is 22.8 Å². The number of pyridine rings is 2. The smallest absolute Gasteiger partial charge is 0.258 e. The third-order valence-electron chi connectivity index (χ3n) is 7.31. The summed E-state index contributed by atoms with van der Waals surface area (Å²) in [5.74, 6) is 1.24. The van der Waals surface area contributed by atoms with Crippen molar-refractivity contribution in [1.82, 2.24) is 24.8 Å². The number of H-pyrrole nitrogens is 1. The maximum atomic E-state index is 13.0. The Balaban J connectivity index is 1.34. The monoisotopic (exact) mass is 468 g/mol. The van der Waals surface area contributed by atoms with Crippen LogP contribution in [-0.2, 0) is 5.41 Å². The number of hydrogen-bond acceptors (Lipinski definition) is 5. The van der Waals surface area contributed by atoms with Crippen molar-refractivity contribution < 1.29 is 4.79 Å². The van der Waals surface area contributed by atoms with Crippen molar-refractivity contribution in [3.05, 3.63) is 71.7 Å². The molecule has 3 aromatic heterocycles. The highest BCUT2D eigenvalue weighted by Crippen LogP contribution is 2.56. The van der Waals surface area contributed by atoms with E-state index >= 15 is 0 Å². The van der Waals surface area contributed by atoms with Crippen LogP contribution in [0.4, 0.5) is 5.69 Å². The second-order valence-corrected chi connectivity index (χ2v) is 10.1. The molecule has 1 aromatic carbocycles. The Labute approximate surface area is 206 Å². The first-order valence-electron chi connectivity index (χ1n) is 12.2. The lowest BCUT2D eigenvalue weighted by atomic mass is 9.93. The fraction of sp³-hybridized carbons (Fsp3) is 0.357. The summed E-state index contributed by atoms with van der Waals surface area (Å²) in [7, 11) is 4.27. The van der Waals surface area contributed by atoms with Gasteiger partial charge in [0.1, 0.15) is 5.82 Å². The average Bonchev–Trinajstić information content (AvgIpc) is 3.31. The molecule has 3 heterocycles. The highest BCUT2D eigenvalue weighted by molar-refractivity contribution is 6.11. The van der Waals surface area contributed by atoms with Crippen LogP contribution >= 0.6 is 0 Å². The predicted molar refractivity (Wildman–Crippen MR) is 139 cm³/mol. The molecule has 5 rings (SSSR count). The van der Waals surface area contributed by atoms with Crippen LogP contribution in [-0.4, -0.2) is 51.4 Å². The molecule has 2 N–H and O–H groups in total. The zero-order chi connectivity index (χ0) is 24.6. The molecule has 1 saturated carbocycles. The lowest BCUT2D eigenvalue weighted by Gasteiger charge is -2.14. The van der Waals surface area contributed by atoms with Crippen molar-refractivity contribution in [3.8, 4) is 11.4 Å². The van der Waals surface area contributed by atoms with Gasteiger partial charge in [0.2, 0.25) is 0 Å². The van der Waals surface area contributed by atoms with Crippen LogP contribution in [0.25, 0.3) is 22.6 Å². The fourth-order valence-electron chi connectivity index (χ4n) is 4.91. The minimum Gasteiger partial charge on any atom is -0.336 e. The number of imidazole rings is 1. The van der Waals surface area contributed by atoms with Gasteiger partial charge in [-0.15, -0.1) is 0 Å². The van der Waals surface area contributed by atoms with E-state index in [9.17, 15) is 4.79 Å². The van der Waals surface area contributed by atoms with Crippen LogP contribution in [0.15, 0.2) is 55.0 Å². The van der Waals surface area contributed by atoms with E-state index in [2.05, 4.69) is 75.4 Å². The van der Waals surface area contributed by atoms with Crippen molar-refractivity contribution in [2.45, 2.75) is 38.5 Å². The van der Waals surface area contributed by atoms with E-state index in [1.807, 2.05) is 13.0 Å². The number of rotatable bonds is 8. The lowest BCUT2D eigenvalue weighted by molar-refractivity contribution is 0.102. The van der Waals surface area contributed by atoms with Crippen molar-refractivity contribution in [2.24, 2.45) is 5.92 Å². The number of aromatic amines is 1. The van der Waals surface area contributed by atoms with Crippen LogP contribution in [0.1, 0.15) is 47.7 Å². The summed E-state index contributed by atoms with van der Waals surface area (Å²) in [4.78, 5) is 31.7. The molecule has 2 unspecified atom stereocenters. The first kappa shape index (κ1) is 23.2. The Bertz CT molecular complexity index is 1360. The molecule has 0 spiro atoms. The molecule has 7 heteroatoms. The molecule has 2 atom stereocenters. The van der Waals surface area contributed by atoms with Crippen LogP contribution in [0.3, 0.4) is 0 Å². The predicted octanol–water partition coefficient (Wildman–Crippen LogP) is 5.20. The largest absolute Gasteiger partial charge is 0.336 e. The topological polar surface area (TPSA) is 86.8 Å².